The molecule has 8 nitrogen and oxygen atoms in total. The number of hydrogen-bond donors (Lipinski definition) is 0. The van der Waals surface area contributed by atoms with E-state index in [1.165, 1.54) is 97.2 Å². The molecule has 0 heterocycles. The van der Waals surface area contributed by atoms with Gasteiger partial charge in [0.05, 0.1) is 0 Å². The molecule has 0 fully saturated rings. The quantitative estimate of drug-likeness (QED) is 0.157. The van der Waals surface area contributed by atoms with E-state index >= 15 is 0 Å². The van der Waals surface area contributed by atoms with Gasteiger partial charge in [0.25, 0.3) is 0 Å². The second-order valence-corrected chi connectivity index (χ2v) is 6.34. The van der Waals surface area contributed by atoms with Crippen LogP contribution < -0.4 is 134 Å². The van der Waals surface area contributed by atoms with Gasteiger partial charge in [0.2, 0.25) is 0 Å². The molecule has 14 heteroatoms. The molecular formula is C30H44Li6O8+2. The molecule has 0 aliphatic heterocycles. The Hall–Kier alpha value is 0.0244. The predicted molar refractivity (Wildman–Crippen MR) is 149 cm³/mol. The third-order valence-electron chi connectivity index (χ3n) is 3.61. The van der Waals surface area contributed by atoms with Crippen LogP contribution >= 0.6 is 0 Å². The number of carbonyl (C=O) groups excluding carboxylic acids is 4. The predicted octanol–water partition coefficient (Wildman–Crippen LogP) is -16.5. The minimum absolute atomic E-state index is 0. The third-order valence-corrected chi connectivity index (χ3v) is 3.61. The molecule has 0 atom stereocenters. The van der Waals surface area contributed by atoms with Crippen molar-refractivity contribution in [1.29, 1.82) is 0 Å². The Labute approximate surface area is 338 Å². The van der Waals surface area contributed by atoms with Crippen molar-refractivity contribution in [2.24, 2.45) is 0 Å². The summed E-state index contributed by atoms with van der Waals surface area (Å²) in [5, 5.41) is 41.5. The largest absolute Gasteiger partial charge is 1.00 e. The van der Waals surface area contributed by atoms with Crippen LogP contribution in [-0.2, 0) is 19.2 Å². The van der Waals surface area contributed by atoms with E-state index in [2.05, 4.69) is 0 Å². The maximum Gasteiger partial charge on any atom is 1.00 e. The van der Waals surface area contributed by atoms with Crippen molar-refractivity contribution in [3.8, 4) is 0 Å². The van der Waals surface area contributed by atoms with Gasteiger partial charge < -0.3 is 20.4 Å². The van der Waals surface area contributed by atoms with E-state index in [0.717, 1.165) is 0 Å². The number of hydrogen-bond acceptors (Lipinski definition) is 8. The summed E-state index contributed by atoms with van der Waals surface area (Å²) in [5.74, 6) is -0.441. The molecule has 0 aromatic heterocycles. The number of carbonyl (C=O) groups is 4. The van der Waals surface area contributed by atoms with Crippen molar-refractivity contribution in [3.05, 3.63) is 97.2 Å². The van der Waals surface area contributed by atoms with Gasteiger partial charge in [0, 0.05) is 0 Å². The van der Waals surface area contributed by atoms with Gasteiger partial charge in [0.1, 0.15) is 0 Å². The van der Waals surface area contributed by atoms with Crippen molar-refractivity contribution in [2.75, 3.05) is 0 Å². The molecule has 0 aromatic carbocycles. The van der Waals surface area contributed by atoms with E-state index in [4.69, 9.17) is 0 Å². The average Bonchev–Trinajstić information content (AvgIpc) is 2.78. The fraction of sp³-hybridized carbons (Fsp3) is 0.333. The van der Waals surface area contributed by atoms with E-state index in [1.54, 1.807) is 0 Å². The molecule has 0 spiro atoms. The van der Waals surface area contributed by atoms with Crippen LogP contribution in [0.15, 0.2) is 97.2 Å². The zero-order valence-electron chi connectivity index (χ0n) is 22.8. The molecule has 0 saturated carbocycles. The maximum atomic E-state index is 10.4. The van der Waals surface area contributed by atoms with Crippen LogP contribution in [0.1, 0.15) is 44.6 Å². The Balaban J connectivity index is -0.0000000284. The van der Waals surface area contributed by atoms with E-state index in [0.29, 0.717) is 0 Å². The molecule has 0 bridgehead atoms. The first kappa shape index (κ1) is 79.5. The van der Waals surface area contributed by atoms with E-state index < -0.39 is 24.4 Å². The molecule has 0 amide bonds. The van der Waals surface area contributed by atoms with Crippen LogP contribution in [0.4, 0.5) is 0 Å². The summed E-state index contributed by atoms with van der Waals surface area (Å²) in [5.41, 5.74) is 0. The molecule has 4 aliphatic carbocycles. The summed E-state index contributed by atoms with van der Waals surface area (Å²) in [6, 6.07) is 0. The van der Waals surface area contributed by atoms with Crippen molar-refractivity contribution >= 4 is 23.1 Å². The van der Waals surface area contributed by atoms with Crippen LogP contribution in [0.25, 0.3) is 0 Å². The van der Waals surface area contributed by atoms with E-state index in [9.17, 15) is 39.6 Å². The van der Waals surface area contributed by atoms with Gasteiger partial charge in [-0.25, -0.2) is 0 Å². The van der Waals surface area contributed by atoms with Gasteiger partial charge in [-0.1, -0.05) is 118 Å². The standard InChI is InChI=1S/C6H6O2.2C6H5O2.C6H4O2.6CH4.6Li/c4*7-5-1-2-6(8)4-3-5;;;;;;;;;;;;/h1-6H;2*1-5H;1-4H;6*1H4;;;;;;/q-2;2*-1;;;;;;;;6*+1. The first-order valence-electron chi connectivity index (χ1n) is 9.40. The molecule has 0 radical (unpaired) electrons. The fourth-order valence-corrected chi connectivity index (χ4v) is 2.00. The maximum absolute atomic E-state index is 10.4. The zero-order valence-corrected chi connectivity index (χ0v) is 22.8. The van der Waals surface area contributed by atoms with Gasteiger partial charge in [0.15, 0.2) is 23.1 Å². The fourth-order valence-electron chi connectivity index (χ4n) is 2.00. The first-order valence-corrected chi connectivity index (χ1v) is 9.40. The van der Waals surface area contributed by atoms with Crippen molar-refractivity contribution in [1.82, 2.24) is 0 Å². The Morgan fingerprint density at radius 2 is 0.432 bits per heavy atom. The molecule has 0 N–H and O–H groups in total. The molecule has 4 rings (SSSR count). The minimum Gasteiger partial charge on any atom is -0.846 e. The van der Waals surface area contributed by atoms with E-state index in [1.807, 2.05) is 0 Å². The summed E-state index contributed by atoms with van der Waals surface area (Å²) in [6.45, 7) is 0. The van der Waals surface area contributed by atoms with Crippen molar-refractivity contribution in [3.63, 3.8) is 0 Å². The monoisotopic (exact) mass is 574 g/mol. The molecule has 44 heavy (non-hydrogen) atoms. The second kappa shape index (κ2) is 47.4. The zero-order chi connectivity index (χ0) is 23.9. The Morgan fingerprint density at radius 1 is 0.295 bits per heavy atom. The molecule has 0 unspecified atom stereocenters. The van der Waals surface area contributed by atoms with Crippen LogP contribution in [0.3, 0.4) is 0 Å². The number of allylic oxidation sites excluding steroid dienone is 8. The third kappa shape index (κ3) is 44.2. The topological polar surface area (TPSA) is 161 Å². The van der Waals surface area contributed by atoms with E-state index in [-0.39, 0.29) is 181 Å². The smallest absolute Gasteiger partial charge is 0.846 e. The van der Waals surface area contributed by atoms with Gasteiger partial charge in [-0.15, -0.1) is 0 Å². The summed E-state index contributed by atoms with van der Waals surface area (Å²) in [4.78, 5) is 41.2. The number of rotatable bonds is 0. The molecule has 0 aromatic rings. The second-order valence-electron chi connectivity index (χ2n) is 6.34. The molecule has 0 saturated heterocycles. The molecule has 216 valence electrons. The van der Waals surface area contributed by atoms with Crippen molar-refractivity contribution in [2.45, 2.75) is 69.0 Å². The summed E-state index contributed by atoms with van der Waals surface area (Å²) in [6.07, 6.45) is 17.8. The average molecular weight is 574 g/mol. The SMILES string of the molecule is C.C.C.C.C.C.O=C1C=CC(=O)C=C1.O=C1C=CC([O-])C=C1.O=C1C=CC([O-])C=C1.[Li+].[Li+].[Li+].[Li+].[Li+].[Li+].[O-]C1C=CC([O-])C=C1. The van der Waals surface area contributed by atoms with Crippen molar-refractivity contribution < 1.29 is 153 Å². The van der Waals surface area contributed by atoms with Gasteiger partial charge >= 0.3 is 113 Å². The Kier molecular flexibility index (Phi) is 85.7. The van der Waals surface area contributed by atoms with Gasteiger partial charge in [-0.05, 0) is 48.6 Å². The first-order chi connectivity index (χ1) is 15.2. The van der Waals surface area contributed by atoms with Crippen LogP contribution in [-0.4, -0.2) is 47.5 Å². The molecule has 4 aliphatic rings. The minimum atomic E-state index is -0.812. The summed E-state index contributed by atoms with van der Waals surface area (Å²) < 4.78 is 0. The van der Waals surface area contributed by atoms with Gasteiger partial charge in [-0.2, -0.15) is 0 Å². The van der Waals surface area contributed by atoms with Gasteiger partial charge in [-0.3, -0.25) is 19.2 Å². The van der Waals surface area contributed by atoms with Crippen LogP contribution in [0, 0.1) is 0 Å². The van der Waals surface area contributed by atoms with Crippen LogP contribution in [0.5, 0.6) is 0 Å². The summed E-state index contributed by atoms with van der Waals surface area (Å²) in [7, 11) is 0. The van der Waals surface area contributed by atoms with Crippen LogP contribution in [0.2, 0.25) is 0 Å². The normalized spacial score (nSPS) is 16.9. The Morgan fingerprint density at radius 3 is 0.591 bits per heavy atom. The Bertz CT molecular complexity index is 819. The number of ketones is 4. The summed E-state index contributed by atoms with van der Waals surface area (Å²) >= 11 is 0. The molecular weight excluding hydrogens is 530 g/mol.